The number of anilines is 1. The monoisotopic (exact) mass is 562 g/mol. The topological polar surface area (TPSA) is 70.7 Å². The predicted octanol–water partition coefficient (Wildman–Crippen LogP) is 2.69. The molecule has 6 rings (SSSR count). The molecule has 9 heteroatoms. The van der Waals surface area contributed by atoms with Gasteiger partial charge in [0, 0.05) is 54.7 Å². The summed E-state index contributed by atoms with van der Waals surface area (Å²) >= 11 is 0. The van der Waals surface area contributed by atoms with Crippen molar-refractivity contribution in [2.24, 2.45) is 0 Å². The van der Waals surface area contributed by atoms with Crippen molar-refractivity contribution in [1.82, 2.24) is 14.9 Å². The Morgan fingerprint density at radius 2 is 1.73 bits per heavy atom. The van der Waals surface area contributed by atoms with E-state index < -0.39 is 5.82 Å². The van der Waals surface area contributed by atoms with Crippen LogP contribution in [0.1, 0.15) is 16.1 Å². The zero-order valence-electron chi connectivity index (χ0n) is 22.8. The number of aromatic nitrogens is 2. The summed E-state index contributed by atoms with van der Waals surface area (Å²) in [6.45, 7) is 6.14. The smallest absolute Gasteiger partial charge is 0.495 e. The van der Waals surface area contributed by atoms with E-state index in [1.807, 2.05) is 48.5 Å². The van der Waals surface area contributed by atoms with Crippen LogP contribution < -0.4 is 65.8 Å². The van der Waals surface area contributed by atoms with Crippen molar-refractivity contribution in [2.75, 3.05) is 45.3 Å². The van der Waals surface area contributed by atoms with Crippen LogP contribution in [0.15, 0.2) is 66.9 Å². The van der Waals surface area contributed by atoms with Crippen molar-refractivity contribution in [1.29, 1.82) is 0 Å². The van der Waals surface area contributed by atoms with Gasteiger partial charge in [-0.2, -0.15) is 18.6 Å². The molecule has 3 heterocycles. The number of piperazine rings is 1. The van der Waals surface area contributed by atoms with Crippen LogP contribution in [0.5, 0.6) is 11.5 Å². The van der Waals surface area contributed by atoms with Gasteiger partial charge in [-0.25, -0.2) is 4.98 Å². The van der Waals surface area contributed by atoms with E-state index in [2.05, 4.69) is 21.8 Å². The summed E-state index contributed by atoms with van der Waals surface area (Å²) in [5.41, 5.74) is 2.39. The van der Waals surface area contributed by atoms with Gasteiger partial charge in [0.15, 0.2) is 11.6 Å². The molecule has 1 aliphatic rings. The van der Waals surface area contributed by atoms with Crippen LogP contribution in [0.3, 0.4) is 0 Å². The van der Waals surface area contributed by atoms with Gasteiger partial charge in [-0.3, -0.25) is 9.18 Å². The predicted molar refractivity (Wildman–Crippen MR) is 151 cm³/mol. The number of ether oxygens (including phenoxy) is 2. The molecular formula is C31H28FKN4O3. The third-order valence-corrected chi connectivity index (χ3v) is 7.37. The number of pyridine rings is 1. The van der Waals surface area contributed by atoms with Gasteiger partial charge in [0.25, 0.3) is 5.91 Å². The third-order valence-electron chi connectivity index (χ3n) is 7.37. The van der Waals surface area contributed by atoms with Crippen molar-refractivity contribution in [2.45, 2.75) is 0 Å². The van der Waals surface area contributed by atoms with Crippen molar-refractivity contribution >= 4 is 33.4 Å². The molecule has 3 aromatic carbocycles. The Kier molecular flexibility index (Phi) is 8.39. The molecule has 1 N–H and O–H groups in total. The zero-order valence-corrected chi connectivity index (χ0v) is 26.0. The molecule has 1 fully saturated rings. The second kappa shape index (κ2) is 11.8. The first kappa shape index (κ1) is 28.4. The number of nitrogens with zero attached hydrogens (tertiary/aromatic N) is 3. The maximum absolute atomic E-state index is 15.3. The van der Waals surface area contributed by atoms with Gasteiger partial charge < -0.3 is 24.3 Å². The van der Waals surface area contributed by atoms with Crippen LogP contribution in [-0.2, 0) is 0 Å². The quantitative estimate of drug-likeness (QED) is 0.264. The van der Waals surface area contributed by atoms with E-state index in [4.69, 9.17) is 9.47 Å². The van der Waals surface area contributed by atoms with E-state index in [0.717, 1.165) is 27.7 Å². The minimum atomic E-state index is -0.473. The number of aromatic amines is 1. The SMILES string of the molecule is [CH2-]c1cc(-c2ccc3ccccc3c2OC)c2cc(C(=O)N3CCN(c4ncccc4OC)CC3)[nH]c2c1F.[K+]. The molecule has 1 saturated heterocycles. The number of rotatable bonds is 5. The number of benzene rings is 3. The van der Waals surface area contributed by atoms with Crippen molar-refractivity contribution in [3.8, 4) is 22.6 Å². The van der Waals surface area contributed by atoms with Crippen LogP contribution >= 0.6 is 0 Å². The normalized spacial score (nSPS) is 13.4. The number of nitrogens with one attached hydrogen (secondary N) is 1. The fourth-order valence-corrected chi connectivity index (χ4v) is 5.40. The largest absolute Gasteiger partial charge is 1.00 e. The Morgan fingerprint density at radius 3 is 2.48 bits per heavy atom. The number of halogens is 1. The molecule has 5 aromatic rings. The third kappa shape index (κ3) is 4.97. The van der Waals surface area contributed by atoms with Crippen LogP contribution in [0, 0.1) is 12.7 Å². The fourth-order valence-electron chi connectivity index (χ4n) is 5.40. The molecule has 7 nitrogen and oxygen atoms in total. The minimum Gasteiger partial charge on any atom is -0.495 e. The van der Waals surface area contributed by atoms with Crippen LogP contribution in [0.25, 0.3) is 32.8 Å². The summed E-state index contributed by atoms with van der Waals surface area (Å²) in [6.07, 6.45) is 1.73. The van der Waals surface area contributed by atoms with Gasteiger partial charge in [-0.15, -0.1) is 0 Å². The van der Waals surface area contributed by atoms with Gasteiger partial charge in [0.05, 0.1) is 14.2 Å². The molecular weight excluding hydrogens is 534 g/mol. The standard InChI is InChI=1S/C31H28FN4O3.K/c1-19-17-23(22-11-10-20-7-4-5-8-21(20)29(22)39-3)24-18-25(34-28(24)27(19)32)31(37)36-15-13-35(14-16-36)30-26(38-2)9-6-12-33-30;/h4-12,17-18,34H,1,13-16H2,2-3H3;/q-1;+1. The molecule has 0 saturated carbocycles. The molecule has 0 unspecified atom stereocenters. The first-order valence-electron chi connectivity index (χ1n) is 12.8. The van der Waals surface area contributed by atoms with Gasteiger partial charge in [-0.1, -0.05) is 42.0 Å². The second-order valence-electron chi connectivity index (χ2n) is 9.54. The number of carbonyl (C=O) groups excluding carboxylic acids is 1. The van der Waals surface area contributed by atoms with E-state index in [1.54, 1.807) is 37.4 Å². The molecule has 0 radical (unpaired) electrons. The van der Waals surface area contributed by atoms with Crippen molar-refractivity contribution in [3.63, 3.8) is 0 Å². The summed E-state index contributed by atoms with van der Waals surface area (Å²) in [4.78, 5) is 24.9. The Hall–Kier alpha value is -3.08. The van der Waals surface area contributed by atoms with E-state index in [-0.39, 0.29) is 68.4 Å². The number of methoxy groups -OCH3 is 2. The van der Waals surface area contributed by atoms with E-state index >= 15 is 4.39 Å². The molecule has 40 heavy (non-hydrogen) atoms. The molecule has 198 valence electrons. The van der Waals surface area contributed by atoms with Crippen LogP contribution in [0.4, 0.5) is 10.2 Å². The maximum Gasteiger partial charge on any atom is 1.00 e. The molecule has 1 aliphatic heterocycles. The van der Waals surface area contributed by atoms with Crippen LogP contribution in [0.2, 0.25) is 0 Å². The Morgan fingerprint density at radius 1 is 0.950 bits per heavy atom. The Labute approximate surface area is 274 Å². The van der Waals surface area contributed by atoms with Gasteiger partial charge in [-0.05, 0) is 29.0 Å². The molecule has 0 aliphatic carbocycles. The summed E-state index contributed by atoms with van der Waals surface area (Å²) in [6, 6.07) is 19.1. The van der Waals surface area contributed by atoms with Gasteiger partial charge in [0.2, 0.25) is 0 Å². The summed E-state index contributed by atoms with van der Waals surface area (Å²) in [5.74, 6) is 1.50. The summed E-state index contributed by atoms with van der Waals surface area (Å²) in [5, 5.41) is 2.60. The first-order valence-corrected chi connectivity index (χ1v) is 12.8. The van der Waals surface area contributed by atoms with E-state index in [1.165, 1.54) is 0 Å². The average molecular weight is 563 g/mol. The summed E-state index contributed by atoms with van der Waals surface area (Å²) in [7, 11) is 3.25. The van der Waals surface area contributed by atoms with Crippen LogP contribution in [-0.4, -0.2) is 61.2 Å². The first-order chi connectivity index (χ1) is 19.0. The minimum absolute atomic E-state index is 0. The number of H-pyrrole nitrogens is 1. The van der Waals surface area contributed by atoms with Crippen molar-refractivity contribution in [3.05, 3.63) is 90.9 Å². The molecule has 0 atom stereocenters. The average Bonchev–Trinajstić information content (AvgIpc) is 3.44. The van der Waals surface area contributed by atoms with Gasteiger partial charge in [0.1, 0.15) is 11.4 Å². The number of carbonyl (C=O) groups is 1. The number of hydrogen-bond donors (Lipinski definition) is 1. The molecule has 0 bridgehead atoms. The molecule has 1 amide bonds. The molecule has 2 aromatic heterocycles. The Bertz CT molecular complexity index is 1710. The summed E-state index contributed by atoms with van der Waals surface area (Å²) < 4.78 is 26.6. The number of fused-ring (bicyclic) bond motifs is 2. The number of amides is 1. The maximum atomic E-state index is 15.3. The number of hydrogen-bond acceptors (Lipinski definition) is 5. The fraction of sp³-hybridized carbons (Fsp3) is 0.194. The molecule has 0 spiro atoms. The van der Waals surface area contributed by atoms with Crippen molar-refractivity contribution < 1.29 is 70.0 Å². The zero-order chi connectivity index (χ0) is 27.1. The van der Waals surface area contributed by atoms with E-state index in [9.17, 15) is 4.79 Å². The second-order valence-corrected chi connectivity index (χ2v) is 9.54. The van der Waals surface area contributed by atoms with Gasteiger partial charge >= 0.3 is 51.4 Å². The Balaban J connectivity index is 0.00000323. The van der Waals surface area contributed by atoms with E-state index in [0.29, 0.717) is 48.8 Å².